The van der Waals surface area contributed by atoms with Crippen LogP contribution in [0.25, 0.3) is 0 Å². The molecular weight excluding hydrogens is 268 g/mol. The van der Waals surface area contributed by atoms with E-state index in [1.807, 2.05) is 11.9 Å². The Labute approximate surface area is 125 Å². The maximum atomic E-state index is 12.0. The van der Waals surface area contributed by atoms with E-state index < -0.39 is 0 Å². The van der Waals surface area contributed by atoms with Gasteiger partial charge in [0.25, 0.3) is 5.91 Å². The molecule has 6 nitrogen and oxygen atoms in total. The minimum Gasteiger partial charge on any atom is -0.347 e. The number of rotatable bonds is 4. The van der Waals surface area contributed by atoms with Crippen molar-refractivity contribution in [2.75, 3.05) is 13.6 Å². The summed E-state index contributed by atoms with van der Waals surface area (Å²) < 4.78 is 1.69. The molecule has 0 unspecified atom stereocenters. The molecule has 2 rings (SSSR count). The van der Waals surface area contributed by atoms with Crippen LogP contribution in [-0.2, 0) is 11.8 Å². The zero-order valence-corrected chi connectivity index (χ0v) is 12.7. The predicted molar refractivity (Wildman–Crippen MR) is 80.7 cm³/mol. The van der Waals surface area contributed by atoms with Crippen molar-refractivity contribution in [1.29, 1.82) is 0 Å². The number of amides is 2. The summed E-state index contributed by atoms with van der Waals surface area (Å²) in [5.74, 6) is -0.620. The lowest BCUT2D eigenvalue weighted by atomic mass is 9.91. The number of aromatic nitrogens is 1. The first-order valence-electron chi connectivity index (χ1n) is 7.38. The van der Waals surface area contributed by atoms with Gasteiger partial charge in [0, 0.05) is 25.3 Å². The quantitative estimate of drug-likeness (QED) is 0.846. The van der Waals surface area contributed by atoms with Gasteiger partial charge in [-0.2, -0.15) is 0 Å². The number of hydrogen-bond donors (Lipinski definition) is 2. The molecule has 1 heterocycles. The van der Waals surface area contributed by atoms with E-state index in [2.05, 4.69) is 5.32 Å². The lowest BCUT2D eigenvalue weighted by Gasteiger charge is -2.32. The van der Waals surface area contributed by atoms with Crippen molar-refractivity contribution in [1.82, 2.24) is 14.8 Å². The molecule has 1 aliphatic carbocycles. The SMILES string of the molecule is CN(CC(=O)NC(=O)c1cccn1C)C1CCC(N)CC1. The monoisotopic (exact) mass is 292 g/mol. The van der Waals surface area contributed by atoms with Gasteiger partial charge < -0.3 is 10.3 Å². The van der Waals surface area contributed by atoms with Crippen LogP contribution < -0.4 is 11.1 Å². The topological polar surface area (TPSA) is 80.4 Å². The Morgan fingerprint density at radius 1 is 1.38 bits per heavy atom. The maximum absolute atomic E-state index is 12.0. The summed E-state index contributed by atoms with van der Waals surface area (Å²) in [5.41, 5.74) is 6.37. The molecule has 0 bridgehead atoms. The van der Waals surface area contributed by atoms with Crippen molar-refractivity contribution in [3.05, 3.63) is 24.0 Å². The zero-order chi connectivity index (χ0) is 15.4. The molecule has 0 radical (unpaired) electrons. The molecular formula is C15H24N4O2. The molecule has 1 aromatic rings. The van der Waals surface area contributed by atoms with Gasteiger partial charge in [-0.15, -0.1) is 0 Å². The van der Waals surface area contributed by atoms with Crippen molar-refractivity contribution in [2.24, 2.45) is 12.8 Å². The third-order valence-electron chi connectivity index (χ3n) is 4.19. The van der Waals surface area contributed by atoms with Crippen LogP contribution in [0.2, 0.25) is 0 Å². The van der Waals surface area contributed by atoms with Gasteiger partial charge in [0.05, 0.1) is 6.54 Å². The standard InChI is InChI=1S/C15H24N4O2/c1-18-9-3-4-13(18)15(21)17-14(20)10-19(2)12-7-5-11(16)6-8-12/h3-4,9,11-12H,5-8,10,16H2,1-2H3,(H,17,20,21). The van der Waals surface area contributed by atoms with Crippen LogP contribution in [-0.4, -0.2) is 47.0 Å². The molecule has 1 aromatic heterocycles. The number of likely N-dealkylation sites (N-methyl/N-ethyl adjacent to an activating group) is 1. The third-order valence-corrected chi connectivity index (χ3v) is 4.19. The Morgan fingerprint density at radius 3 is 2.62 bits per heavy atom. The highest BCUT2D eigenvalue weighted by molar-refractivity contribution is 6.04. The zero-order valence-electron chi connectivity index (χ0n) is 12.7. The molecule has 1 saturated carbocycles. The summed E-state index contributed by atoms with van der Waals surface area (Å²) in [7, 11) is 3.70. The van der Waals surface area contributed by atoms with Gasteiger partial charge in [0.1, 0.15) is 5.69 Å². The molecule has 0 aliphatic heterocycles. The van der Waals surface area contributed by atoms with Gasteiger partial charge in [-0.1, -0.05) is 0 Å². The molecule has 116 valence electrons. The van der Waals surface area contributed by atoms with E-state index in [1.165, 1.54) is 0 Å². The number of carbonyl (C=O) groups is 2. The maximum Gasteiger partial charge on any atom is 0.274 e. The van der Waals surface area contributed by atoms with Gasteiger partial charge in [-0.3, -0.25) is 19.8 Å². The lowest BCUT2D eigenvalue weighted by Crippen LogP contribution is -2.45. The molecule has 1 aliphatic rings. The van der Waals surface area contributed by atoms with Crippen LogP contribution in [0.3, 0.4) is 0 Å². The average molecular weight is 292 g/mol. The Bertz CT molecular complexity index is 504. The number of nitrogens with one attached hydrogen (secondary N) is 1. The van der Waals surface area contributed by atoms with E-state index in [9.17, 15) is 9.59 Å². The van der Waals surface area contributed by atoms with Crippen LogP contribution in [0.5, 0.6) is 0 Å². The molecule has 2 amide bonds. The Morgan fingerprint density at radius 2 is 2.05 bits per heavy atom. The van der Waals surface area contributed by atoms with E-state index in [-0.39, 0.29) is 18.4 Å². The van der Waals surface area contributed by atoms with Crippen LogP contribution >= 0.6 is 0 Å². The van der Waals surface area contributed by atoms with E-state index in [1.54, 1.807) is 29.9 Å². The molecule has 6 heteroatoms. The predicted octanol–water partition coefficient (Wildman–Crippen LogP) is 0.483. The second-order valence-corrected chi connectivity index (χ2v) is 5.87. The first kappa shape index (κ1) is 15.7. The molecule has 0 aromatic carbocycles. The summed E-state index contributed by atoms with van der Waals surface area (Å²) in [4.78, 5) is 25.9. The molecule has 0 saturated heterocycles. The average Bonchev–Trinajstić information content (AvgIpc) is 2.85. The van der Waals surface area contributed by atoms with Crippen molar-refractivity contribution < 1.29 is 9.59 Å². The van der Waals surface area contributed by atoms with E-state index in [4.69, 9.17) is 5.73 Å². The summed E-state index contributed by atoms with van der Waals surface area (Å²) in [6.45, 7) is 0.232. The van der Waals surface area contributed by atoms with Gasteiger partial charge in [0.2, 0.25) is 5.91 Å². The van der Waals surface area contributed by atoms with Gasteiger partial charge in [-0.25, -0.2) is 0 Å². The van der Waals surface area contributed by atoms with E-state index >= 15 is 0 Å². The summed E-state index contributed by atoms with van der Waals surface area (Å²) in [6.07, 6.45) is 5.79. The number of aryl methyl sites for hydroxylation is 1. The summed E-state index contributed by atoms with van der Waals surface area (Å²) >= 11 is 0. The minimum atomic E-state index is -0.355. The Balaban J connectivity index is 1.81. The number of hydrogen-bond acceptors (Lipinski definition) is 4. The van der Waals surface area contributed by atoms with Gasteiger partial charge in [-0.05, 0) is 44.9 Å². The number of nitrogens with two attached hydrogens (primary N) is 1. The first-order valence-corrected chi connectivity index (χ1v) is 7.38. The molecule has 0 spiro atoms. The third kappa shape index (κ3) is 4.15. The largest absolute Gasteiger partial charge is 0.347 e. The van der Waals surface area contributed by atoms with Crippen LogP contribution in [0.1, 0.15) is 36.2 Å². The fourth-order valence-electron chi connectivity index (χ4n) is 2.83. The van der Waals surface area contributed by atoms with Gasteiger partial charge >= 0.3 is 0 Å². The minimum absolute atomic E-state index is 0.232. The highest BCUT2D eigenvalue weighted by atomic mass is 16.2. The number of carbonyl (C=O) groups excluding carboxylic acids is 2. The smallest absolute Gasteiger partial charge is 0.274 e. The van der Waals surface area contributed by atoms with Crippen molar-refractivity contribution in [3.63, 3.8) is 0 Å². The molecule has 1 fully saturated rings. The lowest BCUT2D eigenvalue weighted by molar-refractivity contribution is -0.121. The van der Waals surface area contributed by atoms with Crippen LogP contribution in [0, 0.1) is 0 Å². The highest BCUT2D eigenvalue weighted by Gasteiger charge is 2.23. The fraction of sp³-hybridized carbons (Fsp3) is 0.600. The van der Waals surface area contributed by atoms with E-state index in [0.717, 1.165) is 25.7 Å². The van der Waals surface area contributed by atoms with E-state index in [0.29, 0.717) is 17.8 Å². The summed E-state index contributed by atoms with van der Waals surface area (Å²) in [6, 6.07) is 4.13. The molecule has 3 N–H and O–H groups in total. The second kappa shape index (κ2) is 6.87. The van der Waals surface area contributed by atoms with Crippen molar-refractivity contribution >= 4 is 11.8 Å². The highest BCUT2D eigenvalue weighted by Crippen LogP contribution is 2.20. The number of imide groups is 1. The Kier molecular flexibility index (Phi) is 5.14. The molecule has 21 heavy (non-hydrogen) atoms. The normalized spacial score (nSPS) is 22.3. The summed E-state index contributed by atoms with van der Waals surface area (Å²) in [5, 5.41) is 2.44. The molecule has 0 atom stereocenters. The van der Waals surface area contributed by atoms with Crippen LogP contribution in [0.4, 0.5) is 0 Å². The Hall–Kier alpha value is -1.66. The second-order valence-electron chi connectivity index (χ2n) is 5.87. The van der Waals surface area contributed by atoms with Crippen molar-refractivity contribution in [2.45, 2.75) is 37.8 Å². The fourth-order valence-corrected chi connectivity index (χ4v) is 2.83. The van der Waals surface area contributed by atoms with Gasteiger partial charge in [0.15, 0.2) is 0 Å². The van der Waals surface area contributed by atoms with Crippen LogP contribution in [0.15, 0.2) is 18.3 Å². The first-order chi connectivity index (χ1) is 9.97. The number of nitrogens with zero attached hydrogens (tertiary/aromatic N) is 2. The van der Waals surface area contributed by atoms with Crippen molar-refractivity contribution in [3.8, 4) is 0 Å².